The highest BCUT2D eigenvalue weighted by molar-refractivity contribution is 5.98. The predicted molar refractivity (Wildman–Crippen MR) is 75.4 cm³/mol. The Morgan fingerprint density at radius 2 is 2.05 bits per heavy atom. The van der Waals surface area contributed by atoms with Gasteiger partial charge < -0.3 is 4.42 Å². The molecule has 3 rings (SSSR count). The summed E-state index contributed by atoms with van der Waals surface area (Å²) in [5, 5.41) is 0.995. The molecule has 1 aliphatic carbocycles. The zero-order chi connectivity index (χ0) is 13.2. The van der Waals surface area contributed by atoms with Gasteiger partial charge in [0.05, 0.1) is 6.54 Å². The van der Waals surface area contributed by atoms with E-state index in [0.29, 0.717) is 18.3 Å². The Kier molecular flexibility index (Phi) is 3.38. The average molecular weight is 257 g/mol. The number of likely N-dealkylation sites (N-methyl/N-ethyl adjacent to an activating group) is 1. The maximum absolute atomic E-state index is 12.2. The monoisotopic (exact) mass is 257 g/mol. The maximum atomic E-state index is 12.2. The van der Waals surface area contributed by atoms with Gasteiger partial charge in [-0.3, -0.25) is 9.69 Å². The van der Waals surface area contributed by atoms with E-state index in [-0.39, 0.29) is 5.78 Å². The van der Waals surface area contributed by atoms with Gasteiger partial charge in [0.15, 0.2) is 5.76 Å². The van der Waals surface area contributed by atoms with E-state index in [4.69, 9.17) is 4.42 Å². The first-order valence-corrected chi connectivity index (χ1v) is 6.96. The number of Topliss-reactive ketones (excluding diaryl/α,β-unsaturated/α-hetero) is 1. The number of carbonyl (C=O) groups excluding carboxylic acids is 1. The van der Waals surface area contributed by atoms with Crippen molar-refractivity contribution in [2.45, 2.75) is 31.7 Å². The van der Waals surface area contributed by atoms with Crippen LogP contribution in [0.2, 0.25) is 0 Å². The lowest BCUT2D eigenvalue weighted by atomic mass is 10.2. The van der Waals surface area contributed by atoms with Crippen molar-refractivity contribution in [2.75, 3.05) is 13.6 Å². The molecule has 0 aliphatic heterocycles. The quantitative estimate of drug-likeness (QED) is 0.786. The molecule has 1 aliphatic rings. The number of furan rings is 1. The molecule has 0 amide bonds. The Morgan fingerprint density at radius 1 is 1.32 bits per heavy atom. The molecule has 3 nitrogen and oxygen atoms in total. The predicted octanol–water partition coefficient (Wildman–Crippen LogP) is 3.49. The first-order chi connectivity index (χ1) is 9.24. The molecule has 0 atom stereocenters. The largest absolute Gasteiger partial charge is 0.453 e. The third kappa shape index (κ3) is 2.56. The summed E-state index contributed by atoms with van der Waals surface area (Å²) in [5.74, 6) is 0.552. The number of para-hydroxylation sites is 1. The van der Waals surface area contributed by atoms with Gasteiger partial charge in [-0.1, -0.05) is 31.0 Å². The van der Waals surface area contributed by atoms with Crippen LogP contribution in [0.1, 0.15) is 36.2 Å². The van der Waals surface area contributed by atoms with Crippen molar-refractivity contribution in [2.24, 2.45) is 0 Å². The third-order valence-corrected chi connectivity index (χ3v) is 4.04. The third-order valence-electron chi connectivity index (χ3n) is 4.04. The maximum Gasteiger partial charge on any atom is 0.211 e. The topological polar surface area (TPSA) is 33.5 Å². The van der Waals surface area contributed by atoms with E-state index in [1.807, 2.05) is 37.4 Å². The molecule has 0 spiro atoms. The number of fused-ring (bicyclic) bond motifs is 1. The lowest BCUT2D eigenvalue weighted by molar-refractivity contribution is 0.0895. The molecule has 1 fully saturated rings. The molecule has 100 valence electrons. The summed E-state index contributed by atoms with van der Waals surface area (Å²) in [7, 11) is 2.04. The van der Waals surface area contributed by atoms with Gasteiger partial charge in [0.25, 0.3) is 0 Å². The molecule has 3 heteroatoms. The number of rotatable bonds is 4. The number of hydrogen-bond acceptors (Lipinski definition) is 3. The van der Waals surface area contributed by atoms with Gasteiger partial charge in [-0.25, -0.2) is 0 Å². The minimum atomic E-state index is 0.0746. The summed E-state index contributed by atoms with van der Waals surface area (Å²) in [6.07, 6.45) is 5.00. The minimum Gasteiger partial charge on any atom is -0.453 e. The highest BCUT2D eigenvalue weighted by atomic mass is 16.3. The molecule has 1 heterocycles. The van der Waals surface area contributed by atoms with Crippen LogP contribution in [0.4, 0.5) is 0 Å². The Hall–Kier alpha value is -1.61. The second-order valence-corrected chi connectivity index (χ2v) is 5.43. The minimum absolute atomic E-state index is 0.0746. The summed E-state index contributed by atoms with van der Waals surface area (Å²) in [6.45, 7) is 0.449. The fourth-order valence-electron chi connectivity index (χ4n) is 2.90. The van der Waals surface area contributed by atoms with E-state index in [1.54, 1.807) is 0 Å². The molecule has 0 N–H and O–H groups in total. The van der Waals surface area contributed by atoms with Gasteiger partial charge in [-0.15, -0.1) is 0 Å². The van der Waals surface area contributed by atoms with Gasteiger partial charge in [0.2, 0.25) is 5.78 Å². The summed E-state index contributed by atoms with van der Waals surface area (Å²) in [5.41, 5.74) is 0.786. The Morgan fingerprint density at radius 3 is 2.79 bits per heavy atom. The molecule has 1 aromatic heterocycles. The van der Waals surface area contributed by atoms with E-state index in [1.165, 1.54) is 25.7 Å². The smallest absolute Gasteiger partial charge is 0.211 e. The second-order valence-electron chi connectivity index (χ2n) is 5.43. The normalized spacial score (nSPS) is 16.5. The number of ketones is 1. The first kappa shape index (κ1) is 12.4. The molecule has 19 heavy (non-hydrogen) atoms. The van der Waals surface area contributed by atoms with Crippen molar-refractivity contribution in [1.29, 1.82) is 0 Å². The van der Waals surface area contributed by atoms with Crippen LogP contribution < -0.4 is 0 Å². The Bertz CT molecular complexity index is 548. The fourth-order valence-corrected chi connectivity index (χ4v) is 2.90. The highest BCUT2D eigenvalue weighted by Gasteiger charge is 2.22. The van der Waals surface area contributed by atoms with Crippen LogP contribution in [0, 0.1) is 0 Å². The number of carbonyl (C=O) groups is 1. The molecular formula is C16H19NO2. The van der Waals surface area contributed by atoms with Crippen molar-refractivity contribution in [3.8, 4) is 0 Å². The van der Waals surface area contributed by atoms with Gasteiger partial charge in [0.1, 0.15) is 5.58 Å². The SMILES string of the molecule is CN(CC(=O)c1cc2ccccc2o1)C1CCCC1. The van der Waals surface area contributed by atoms with Crippen molar-refractivity contribution in [3.63, 3.8) is 0 Å². The van der Waals surface area contributed by atoms with Crippen LogP contribution in [0.5, 0.6) is 0 Å². The van der Waals surface area contributed by atoms with Crippen LogP contribution >= 0.6 is 0 Å². The Balaban J connectivity index is 1.72. The molecule has 1 aromatic carbocycles. The average Bonchev–Trinajstić information content (AvgIpc) is 3.07. The zero-order valence-corrected chi connectivity index (χ0v) is 11.3. The molecular weight excluding hydrogens is 238 g/mol. The van der Waals surface area contributed by atoms with E-state index in [2.05, 4.69) is 4.90 Å². The highest BCUT2D eigenvalue weighted by Crippen LogP contribution is 2.23. The van der Waals surface area contributed by atoms with Crippen molar-refractivity contribution in [1.82, 2.24) is 4.90 Å². The van der Waals surface area contributed by atoms with E-state index >= 15 is 0 Å². The lowest BCUT2D eigenvalue weighted by Crippen LogP contribution is -2.33. The van der Waals surface area contributed by atoms with Crippen molar-refractivity contribution >= 4 is 16.8 Å². The number of benzene rings is 1. The molecule has 0 saturated heterocycles. The van der Waals surface area contributed by atoms with Crippen molar-refractivity contribution < 1.29 is 9.21 Å². The molecule has 2 aromatic rings. The standard InChI is InChI=1S/C16H19NO2/c1-17(13-7-3-4-8-13)11-14(18)16-10-12-6-2-5-9-15(12)19-16/h2,5-6,9-10,13H,3-4,7-8,11H2,1H3. The van der Waals surface area contributed by atoms with Crippen LogP contribution in [-0.4, -0.2) is 30.3 Å². The molecule has 0 unspecified atom stereocenters. The van der Waals surface area contributed by atoms with E-state index < -0.39 is 0 Å². The molecule has 0 radical (unpaired) electrons. The van der Waals surface area contributed by atoms with Crippen LogP contribution in [0.25, 0.3) is 11.0 Å². The van der Waals surface area contributed by atoms with Crippen molar-refractivity contribution in [3.05, 3.63) is 36.1 Å². The second kappa shape index (κ2) is 5.17. The first-order valence-electron chi connectivity index (χ1n) is 6.96. The van der Waals surface area contributed by atoms with Gasteiger partial charge >= 0.3 is 0 Å². The summed E-state index contributed by atoms with van der Waals surface area (Å²) in [6, 6.07) is 10.2. The summed E-state index contributed by atoms with van der Waals surface area (Å²) in [4.78, 5) is 14.4. The van der Waals surface area contributed by atoms with E-state index in [0.717, 1.165) is 11.0 Å². The van der Waals surface area contributed by atoms with Gasteiger partial charge in [-0.05, 0) is 32.0 Å². The lowest BCUT2D eigenvalue weighted by Gasteiger charge is -2.22. The number of hydrogen-bond donors (Lipinski definition) is 0. The van der Waals surface area contributed by atoms with Gasteiger partial charge in [0, 0.05) is 11.4 Å². The van der Waals surface area contributed by atoms with Gasteiger partial charge in [-0.2, -0.15) is 0 Å². The van der Waals surface area contributed by atoms with Crippen LogP contribution in [-0.2, 0) is 0 Å². The Labute approximate surface area is 113 Å². The van der Waals surface area contributed by atoms with E-state index in [9.17, 15) is 4.79 Å². The summed E-state index contributed by atoms with van der Waals surface area (Å²) < 4.78 is 5.62. The summed E-state index contributed by atoms with van der Waals surface area (Å²) >= 11 is 0. The fraction of sp³-hybridized carbons (Fsp3) is 0.438. The zero-order valence-electron chi connectivity index (χ0n) is 11.3. The molecule has 0 bridgehead atoms. The van der Waals surface area contributed by atoms with Crippen LogP contribution in [0.3, 0.4) is 0 Å². The molecule has 1 saturated carbocycles. The number of nitrogens with zero attached hydrogens (tertiary/aromatic N) is 1. The van der Waals surface area contributed by atoms with Crippen LogP contribution in [0.15, 0.2) is 34.7 Å².